The molecule has 8 nitrogen and oxygen atoms in total. The monoisotopic (exact) mass is 606 g/mol. The molecule has 3 heterocycles. The predicted molar refractivity (Wildman–Crippen MR) is 160 cm³/mol. The van der Waals surface area contributed by atoms with Gasteiger partial charge in [0.2, 0.25) is 5.91 Å². The van der Waals surface area contributed by atoms with Crippen molar-refractivity contribution in [3.8, 4) is 0 Å². The van der Waals surface area contributed by atoms with E-state index in [1.165, 1.54) is 17.0 Å². The van der Waals surface area contributed by atoms with Gasteiger partial charge in [-0.05, 0) is 85.2 Å². The van der Waals surface area contributed by atoms with Gasteiger partial charge < -0.3 is 14.8 Å². The minimum atomic E-state index is -4.62. The summed E-state index contributed by atoms with van der Waals surface area (Å²) in [6.07, 6.45) is 2.58. The Morgan fingerprint density at radius 2 is 2.00 bits per heavy atom. The van der Waals surface area contributed by atoms with Crippen LogP contribution in [-0.4, -0.2) is 50.6 Å². The second-order valence-corrected chi connectivity index (χ2v) is 12.6. The van der Waals surface area contributed by atoms with Crippen molar-refractivity contribution >= 4 is 17.5 Å². The number of rotatable bonds is 7. The van der Waals surface area contributed by atoms with E-state index < -0.39 is 17.6 Å². The van der Waals surface area contributed by atoms with Crippen LogP contribution in [0.2, 0.25) is 0 Å². The van der Waals surface area contributed by atoms with Crippen molar-refractivity contribution in [3.05, 3.63) is 89.0 Å². The molecular formula is C33H37F3N6O2. The molecular weight excluding hydrogens is 569 g/mol. The Labute approximate surface area is 254 Å². The van der Waals surface area contributed by atoms with Crippen molar-refractivity contribution in [2.75, 3.05) is 18.0 Å². The Bertz CT molecular complexity index is 1590. The molecule has 1 aliphatic carbocycles. The third kappa shape index (κ3) is 5.53. The first-order valence-electron chi connectivity index (χ1n) is 15.1. The van der Waals surface area contributed by atoms with Crippen molar-refractivity contribution in [1.82, 2.24) is 25.0 Å². The molecule has 1 N–H and O–H groups in total. The Morgan fingerprint density at radius 1 is 1.20 bits per heavy atom. The number of hydrogen-bond acceptors (Lipinski definition) is 5. The summed E-state index contributed by atoms with van der Waals surface area (Å²) in [6.45, 7) is 6.98. The standard InChI is InChI=1S/C33H37F3N6O2/c1-4-29(43)38-24-9-5-6-11-41(18-24)17-22-12-26-27(28(13-22)33(34,35)36)19-42(30(26)44)25-10-7-8-23(14-25)32(15-21(2)16-32)31-39-37-20-40(31)3/h4,7-8,10,12-14,20-21,24H,1,5-6,9,11,15-19H2,2-3H3,(H,38,43)/t21?,24-,32?/m0/s1. The Morgan fingerprint density at radius 3 is 2.68 bits per heavy atom. The average molecular weight is 607 g/mol. The van der Waals surface area contributed by atoms with Crippen molar-refractivity contribution < 1.29 is 22.8 Å². The topological polar surface area (TPSA) is 83.4 Å². The molecule has 3 aromatic rings. The molecule has 0 radical (unpaired) electrons. The lowest BCUT2D eigenvalue weighted by atomic mass is 9.58. The van der Waals surface area contributed by atoms with Crippen LogP contribution in [0.15, 0.2) is 55.4 Å². The lowest BCUT2D eigenvalue weighted by molar-refractivity contribution is -0.138. The van der Waals surface area contributed by atoms with E-state index in [0.717, 1.165) is 43.5 Å². The summed E-state index contributed by atoms with van der Waals surface area (Å²) >= 11 is 0. The number of likely N-dealkylation sites (tertiary alicyclic amines) is 1. The smallest absolute Gasteiger partial charge is 0.349 e. The molecule has 2 aromatic carbocycles. The molecule has 1 saturated carbocycles. The van der Waals surface area contributed by atoms with Crippen molar-refractivity contribution in [1.29, 1.82) is 0 Å². The lowest BCUT2D eigenvalue weighted by Crippen LogP contribution is -2.43. The van der Waals surface area contributed by atoms with Crippen LogP contribution in [0.25, 0.3) is 0 Å². The van der Waals surface area contributed by atoms with Gasteiger partial charge in [-0.25, -0.2) is 0 Å². The van der Waals surface area contributed by atoms with Gasteiger partial charge in [-0.2, -0.15) is 13.2 Å². The fourth-order valence-corrected chi connectivity index (χ4v) is 7.39. The summed E-state index contributed by atoms with van der Waals surface area (Å²) in [5, 5.41) is 11.4. The van der Waals surface area contributed by atoms with Crippen molar-refractivity contribution in [2.45, 2.75) is 69.8 Å². The molecule has 1 atom stereocenters. The minimum Gasteiger partial charge on any atom is -0.349 e. The second kappa shape index (κ2) is 11.5. The zero-order chi connectivity index (χ0) is 31.2. The SMILES string of the molecule is C=CC(=O)N[C@H]1CCCCN(Cc2cc3c(c(C(F)(F)F)c2)CN(c2cccc(C4(c5nncn5C)CC(C)C4)c2)C3=O)C1. The number of amides is 2. The Hall–Kier alpha value is -3.99. The third-order valence-corrected chi connectivity index (χ3v) is 9.34. The van der Waals surface area contributed by atoms with Crippen molar-refractivity contribution in [3.63, 3.8) is 0 Å². The van der Waals surface area contributed by atoms with Crippen LogP contribution in [0.3, 0.4) is 0 Å². The molecule has 1 saturated heterocycles. The van der Waals surface area contributed by atoms with Crippen LogP contribution in [0.5, 0.6) is 0 Å². The first-order chi connectivity index (χ1) is 21.0. The molecule has 0 unspecified atom stereocenters. The van der Waals surface area contributed by atoms with E-state index >= 15 is 0 Å². The van der Waals surface area contributed by atoms with Gasteiger partial charge >= 0.3 is 6.18 Å². The minimum absolute atomic E-state index is 0.00363. The Balaban J connectivity index is 1.30. The van der Waals surface area contributed by atoms with E-state index in [4.69, 9.17) is 0 Å². The van der Waals surface area contributed by atoms with Gasteiger partial charge in [-0.15, -0.1) is 10.2 Å². The molecule has 1 aromatic heterocycles. The number of nitrogens with one attached hydrogen (secondary N) is 1. The first kappa shape index (κ1) is 30.1. The number of nitrogens with zero attached hydrogens (tertiary/aromatic N) is 5. The van der Waals surface area contributed by atoms with Gasteiger partial charge in [0.05, 0.1) is 17.5 Å². The van der Waals surface area contributed by atoms with Crippen LogP contribution < -0.4 is 10.2 Å². The van der Waals surface area contributed by atoms with E-state index in [0.29, 0.717) is 30.3 Å². The van der Waals surface area contributed by atoms with Gasteiger partial charge in [0.1, 0.15) is 12.2 Å². The van der Waals surface area contributed by atoms with E-state index in [2.05, 4.69) is 33.9 Å². The molecule has 0 bridgehead atoms. The summed E-state index contributed by atoms with van der Waals surface area (Å²) in [6, 6.07) is 10.3. The van der Waals surface area contributed by atoms with E-state index in [1.54, 1.807) is 18.5 Å². The van der Waals surface area contributed by atoms with Gasteiger partial charge in [-0.3, -0.25) is 14.5 Å². The summed E-state index contributed by atoms with van der Waals surface area (Å²) in [5.74, 6) is 0.620. The van der Waals surface area contributed by atoms with Gasteiger partial charge in [0, 0.05) is 37.4 Å². The van der Waals surface area contributed by atoms with E-state index in [1.807, 2.05) is 29.8 Å². The number of aromatic nitrogens is 3. The summed E-state index contributed by atoms with van der Waals surface area (Å²) < 4.78 is 45.3. The third-order valence-electron chi connectivity index (χ3n) is 9.34. The maximum atomic E-state index is 14.5. The number of halogens is 3. The predicted octanol–water partition coefficient (Wildman–Crippen LogP) is 5.37. The summed E-state index contributed by atoms with van der Waals surface area (Å²) in [7, 11) is 1.91. The largest absolute Gasteiger partial charge is 0.416 e. The number of anilines is 1. The highest BCUT2D eigenvalue weighted by molar-refractivity contribution is 6.10. The maximum Gasteiger partial charge on any atom is 0.416 e. The first-order valence-corrected chi connectivity index (χ1v) is 15.1. The van der Waals surface area contributed by atoms with Gasteiger partial charge in [-0.1, -0.05) is 32.1 Å². The molecule has 2 amide bonds. The van der Waals surface area contributed by atoms with E-state index in [-0.39, 0.29) is 41.6 Å². The molecule has 6 rings (SSSR count). The highest BCUT2D eigenvalue weighted by Gasteiger charge is 2.48. The number of hydrogen-bond donors (Lipinski definition) is 1. The van der Waals surface area contributed by atoms with Gasteiger partial charge in [0.25, 0.3) is 5.91 Å². The number of benzene rings is 2. The molecule has 2 fully saturated rings. The fourth-order valence-electron chi connectivity index (χ4n) is 7.39. The van der Waals surface area contributed by atoms with Crippen LogP contribution in [-0.2, 0) is 36.5 Å². The fraction of sp³-hybridized carbons (Fsp3) is 0.455. The number of carbonyl (C=O) groups is 2. The van der Waals surface area contributed by atoms with Crippen molar-refractivity contribution in [2.24, 2.45) is 13.0 Å². The molecule has 11 heteroatoms. The highest BCUT2D eigenvalue weighted by Crippen LogP contribution is 2.52. The molecule has 44 heavy (non-hydrogen) atoms. The number of carbonyl (C=O) groups excluding carboxylic acids is 2. The Kier molecular flexibility index (Phi) is 7.85. The zero-order valence-corrected chi connectivity index (χ0v) is 25.0. The summed E-state index contributed by atoms with van der Waals surface area (Å²) in [5.41, 5.74) is 0.927. The normalized spacial score (nSPS) is 24.0. The average Bonchev–Trinajstić information content (AvgIpc) is 3.47. The lowest BCUT2D eigenvalue weighted by Gasteiger charge is -2.46. The summed E-state index contributed by atoms with van der Waals surface area (Å²) in [4.78, 5) is 29.2. The van der Waals surface area contributed by atoms with Crippen LogP contribution >= 0.6 is 0 Å². The molecule has 2 aliphatic heterocycles. The molecule has 0 spiro atoms. The number of aryl methyl sites for hydroxylation is 1. The number of fused-ring (bicyclic) bond motifs is 1. The van der Waals surface area contributed by atoms with Gasteiger partial charge in [0.15, 0.2) is 0 Å². The molecule has 3 aliphatic rings. The van der Waals surface area contributed by atoms with Crippen LogP contribution in [0, 0.1) is 5.92 Å². The van der Waals surface area contributed by atoms with Crippen LogP contribution in [0.1, 0.15) is 77.5 Å². The quantitative estimate of drug-likeness (QED) is 0.366. The number of alkyl halides is 3. The maximum absolute atomic E-state index is 14.5. The van der Waals surface area contributed by atoms with Crippen LogP contribution in [0.4, 0.5) is 18.9 Å². The zero-order valence-electron chi connectivity index (χ0n) is 25.0. The van der Waals surface area contributed by atoms with E-state index in [9.17, 15) is 22.8 Å². The second-order valence-electron chi connectivity index (χ2n) is 12.6. The molecule has 232 valence electrons. The highest BCUT2D eigenvalue weighted by atomic mass is 19.4.